The molecule has 1 saturated carbocycles. The molecule has 218 valence electrons. The molecular weight excluding hydrogens is 538 g/mol. The van der Waals surface area contributed by atoms with Crippen molar-refractivity contribution in [1.29, 1.82) is 0 Å². The second-order valence-corrected chi connectivity index (χ2v) is 12.6. The molecule has 1 fully saturated rings. The number of aryl methyl sites for hydroxylation is 2. The maximum atomic E-state index is 14.1. The Labute approximate surface area is 243 Å². The summed E-state index contributed by atoms with van der Waals surface area (Å²) in [5, 5.41) is 3.09. The number of carbonyl (C=O) groups is 2. The number of sulfonamides is 1. The van der Waals surface area contributed by atoms with Crippen LogP contribution in [0.25, 0.3) is 0 Å². The molecule has 1 N–H and O–H groups in total. The average molecular weight is 578 g/mol. The summed E-state index contributed by atoms with van der Waals surface area (Å²) in [4.78, 5) is 28.9. The van der Waals surface area contributed by atoms with Gasteiger partial charge in [-0.2, -0.15) is 0 Å². The molecule has 1 unspecified atom stereocenters. The number of nitrogens with zero attached hydrogens (tertiary/aromatic N) is 2. The first-order valence-electron chi connectivity index (χ1n) is 14.0. The molecule has 1 aliphatic carbocycles. The van der Waals surface area contributed by atoms with Crippen LogP contribution in [0.1, 0.15) is 49.3 Å². The Morgan fingerprint density at radius 1 is 0.951 bits per heavy atom. The first kappa shape index (κ1) is 30.1. The second-order valence-electron chi connectivity index (χ2n) is 10.7. The van der Waals surface area contributed by atoms with E-state index in [1.54, 1.807) is 43.3 Å². The largest absolute Gasteiger partial charge is 0.497 e. The monoisotopic (exact) mass is 577 g/mol. The summed E-state index contributed by atoms with van der Waals surface area (Å²) >= 11 is 0. The molecule has 0 bridgehead atoms. The van der Waals surface area contributed by atoms with Gasteiger partial charge in [0.15, 0.2) is 0 Å². The van der Waals surface area contributed by atoms with Crippen molar-refractivity contribution in [2.75, 3.05) is 18.0 Å². The van der Waals surface area contributed by atoms with E-state index in [-0.39, 0.29) is 29.1 Å². The van der Waals surface area contributed by atoms with E-state index in [2.05, 4.69) is 5.32 Å². The fourth-order valence-electron chi connectivity index (χ4n) is 5.00. The highest BCUT2D eigenvalue weighted by Gasteiger charge is 2.33. The van der Waals surface area contributed by atoms with Gasteiger partial charge in [-0.05, 0) is 63.4 Å². The number of hydrogen-bond donors (Lipinski definition) is 1. The number of methoxy groups -OCH3 is 1. The third-order valence-electron chi connectivity index (χ3n) is 7.57. The van der Waals surface area contributed by atoms with Gasteiger partial charge < -0.3 is 15.0 Å². The van der Waals surface area contributed by atoms with E-state index in [1.165, 1.54) is 24.1 Å². The number of anilines is 1. The maximum Gasteiger partial charge on any atom is 0.264 e. The summed E-state index contributed by atoms with van der Waals surface area (Å²) in [6.45, 7) is 5.22. The highest BCUT2D eigenvalue weighted by Crippen LogP contribution is 2.28. The van der Waals surface area contributed by atoms with E-state index in [0.29, 0.717) is 5.75 Å². The Bertz CT molecular complexity index is 1450. The summed E-state index contributed by atoms with van der Waals surface area (Å²) in [6, 6.07) is 20.1. The van der Waals surface area contributed by atoms with Gasteiger partial charge in [0.25, 0.3) is 10.0 Å². The lowest BCUT2D eigenvalue weighted by Gasteiger charge is -2.32. The molecule has 0 aliphatic heterocycles. The van der Waals surface area contributed by atoms with Crippen molar-refractivity contribution in [2.24, 2.45) is 0 Å². The Morgan fingerprint density at radius 3 is 2.17 bits per heavy atom. The van der Waals surface area contributed by atoms with Crippen LogP contribution in [0.2, 0.25) is 0 Å². The van der Waals surface area contributed by atoms with E-state index >= 15 is 0 Å². The predicted molar refractivity (Wildman–Crippen MR) is 160 cm³/mol. The van der Waals surface area contributed by atoms with Crippen LogP contribution >= 0.6 is 0 Å². The molecule has 1 aliphatic rings. The fraction of sp³-hybridized carbons (Fsp3) is 0.375. The lowest BCUT2D eigenvalue weighted by atomic mass is 10.1. The number of hydrogen-bond acceptors (Lipinski definition) is 5. The number of ether oxygens (including phenoxy) is 1. The lowest BCUT2D eigenvalue weighted by Crippen LogP contribution is -2.52. The molecule has 3 aromatic rings. The summed E-state index contributed by atoms with van der Waals surface area (Å²) in [7, 11) is -2.64. The molecule has 2 amide bonds. The van der Waals surface area contributed by atoms with Gasteiger partial charge in [0, 0.05) is 18.7 Å². The van der Waals surface area contributed by atoms with Crippen molar-refractivity contribution in [3.05, 3.63) is 89.5 Å². The summed E-state index contributed by atoms with van der Waals surface area (Å²) in [6.07, 6.45) is 3.97. The standard InChI is InChI=1S/C32H39N3O5S/c1-23-12-16-26(17-13-23)21-34(25(3)32(37)33-27-8-5-6-9-27)31(36)22-35(28-10-7-11-29(20-28)40-4)41(38,39)30-18-14-24(2)15-19-30/h7,10-20,25,27H,5-6,8-9,21-22H2,1-4H3,(H,33,37). The third-order valence-corrected chi connectivity index (χ3v) is 9.36. The van der Waals surface area contributed by atoms with Gasteiger partial charge >= 0.3 is 0 Å². The van der Waals surface area contributed by atoms with Crippen LogP contribution in [0.5, 0.6) is 5.75 Å². The van der Waals surface area contributed by atoms with Crippen molar-refractivity contribution in [1.82, 2.24) is 10.2 Å². The molecule has 0 radical (unpaired) electrons. The number of amides is 2. The lowest BCUT2D eigenvalue weighted by molar-refractivity contribution is -0.139. The van der Waals surface area contributed by atoms with E-state index in [0.717, 1.165) is 46.7 Å². The van der Waals surface area contributed by atoms with Gasteiger partial charge in [-0.3, -0.25) is 13.9 Å². The molecule has 0 heterocycles. The first-order chi connectivity index (χ1) is 19.6. The smallest absolute Gasteiger partial charge is 0.264 e. The van der Waals surface area contributed by atoms with E-state index in [9.17, 15) is 18.0 Å². The van der Waals surface area contributed by atoms with Crippen LogP contribution in [-0.2, 0) is 26.2 Å². The summed E-state index contributed by atoms with van der Waals surface area (Å²) in [5.74, 6) is -0.273. The number of carbonyl (C=O) groups excluding carboxylic acids is 2. The van der Waals surface area contributed by atoms with Crippen molar-refractivity contribution >= 4 is 27.5 Å². The quantitative estimate of drug-likeness (QED) is 0.347. The number of rotatable bonds is 11. The number of nitrogens with one attached hydrogen (secondary N) is 1. The molecule has 9 heteroatoms. The fourth-order valence-corrected chi connectivity index (χ4v) is 6.40. The molecule has 3 aromatic carbocycles. The molecule has 0 saturated heterocycles. The van der Waals surface area contributed by atoms with Gasteiger partial charge in [0.05, 0.1) is 17.7 Å². The van der Waals surface area contributed by atoms with Crippen LogP contribution in [0, 0.1) is 13.8 Å². The van der Waals surface area contributed by atoms with E-state index in [1.807, 2.05) is 38.1 Å². The average Bonchev–Trinajstić information content (AvgIpc) is 3.48. The third kappa shape index (κ3) is 7.47. The van der Waals surface area contributed by atoms with Crippen molar-refractivity contribution in [3.63, 3.8) is 0 Å². The molecule has 1 atom stereocenters. The van der Waals surface area contributed by atoms with E-state index in [4.69, 9.17) is 4.74 Å². The Morgan fingerprint density at radius 2 is 1.56 bits per heavy atom. The van der Waals surface area contributed by atoms with Crippen LogP contribution in [-0.4, -0.2) is 50.9 Å². The van der Waals surface area contributed by atoms with Crippen molar-refractivity contribution < 1.29 is 22.7 Å². The van der Waals surface area contributed by atoms with Gasteiger partial charge in [0.2, 0.25) is 11.8 Å². The molecule has 8 nitrogen and oxygen atoms in total. The highest BCUT2D eigenvalue weighted by atomic mass is 32.2. The van der Waals surface area contributed by atoms with E-state index < -0.39 is 28.5 Å². The van der Waals surface area contributed by atoms with Crippen LogP contribution in [0.3, 0.4) is 0 Å². The van der Waals surface area contributed by atoms with Gasteiger partial charge in [0.1, 0.15) is 18.3 Å². The van der Waals surface area contributed by atoms with Crippen molar-refractivity contribution in [2.45, 2.75) is 70.0 Å². The highest BCUT2D eigenvalue weighted by molar-refractivity contribution is 7.92. The predicted octanol–water partition coefficient (Wildman–Crippen LogP) is 4.98. The SMILES string of the molecule is COc1cccc(N(CC(=O)N(Cc2ccc(C)cc2)C(C)C(=O)NC2CCCC2)S(=O)(=O)c2ccc(C)cc2)c1. The first-order valence-corrected chi connectivity index (χ1v) is 15.4. The summed E-state index contributed by atoms with van der Waals surface area (Å²) in [5.41, 5.74) is 3.13. The van der Waals surface area contributed by atoms with Crippen LogP contribution in [0.4, 0.5) is 5.69 Å². The minimum Gasteiger partial charge on any atom is -0.497 e. The second kappa shape index (κ2) is 13.2. The summed E-state index contributed by atoms with van der Waals surface area (Å²) < 4.78 is 34.4. The maximum absolute atomic E-state index is 14.1. The number of benzene rings is 3. The molecule has 0 spiro atoms. The topological polar surface area (TPSA) is 96.0 Å². The van der Waals surface area contributed by atoms with Gasteiger partial charge in [-0.1, -0.05) is 66.4 Å². The minimum absolute atomic E-state index is 0.0656. The Kier molecular flexibility index (Phi) is 9.70. The Balaban J connectivity index is 1.69. The van der Waals surface area contributed by atoms with Crippen molar-refractivity contribution in [3.8, 4) is 5.75 Å². The minimum atomic E-state index is -4.14. The molecule has 41 heavy (non-hydrogen) atoms. The zero-order valence-corrected chi connectivity index (χ0v) is 25.0. The zero-order valence-electron chi connectivity index (χ0n) is 24.2. The Hall–Kier alpha value is -3.85. The zero-order chi connectivity index (χ0) is 29.6. The normalized spacial score (nSPS) is 14.3. The van der Waals surface area contributed by atoms with Gasteiger partial charge in [-0.25, -0.2) is 8.42 Å². The molecule has 4 rings (SSSR count). The molecule has 0 aromatic heterocycles. The van der Waals surface area contributed by atoms with Crippen LogP contribution in [0.15, 0.2) is 77.7 Å². The van der Waals surface area contributed by atoms with Gasteiger partial charge in [-0.15, -0.1) is 0 Å². The van der Waals surface area contributed by atoms with Crippen LogP contribution < -0.4 is 14.4 Å². The molecular formula is C32H39N3O5S.